The lowest BCUT2D eigenvalue weighted by molar-refractivity contribution is -0.110. The molecule has 2 aromatic carbocycles. The van der Waals surface area contributed by atoms with Crippen molar-refractivity contribution in [3.05, 3.63) is 69.6 Å². The van der Waals surface area contributed by atoms with Gasteiger partial charge in [0, 0.05) is 10.8 Å². The van der Waals surface area contributed by atoms with Crippen LogP contribution in [0.25, 0.3) is 17.1 Å². The van der Waals surface area contributed by atoms with Crippen molar-refractivity contribution in [3.8, 4) is 0 Å². The van der Waals surface area contributed by atoms with Gasteiger partial charge in [-0.1, -0.05) is 37.3 Å². The zero-order chi connectivity index (χ0) is 16.6. The SMILES string of the molecule is CCc1c2c(ccc1=C=O)=C(O)C(=O)C(c1ccccc1)=C2O. The molecule has 23 heavy (non-hydrogen) atoms. The fourth-order valence-electron chi connectivity index (χ4n) is 2.92. The molecule has 0 unspecified atom stereocenters. The fourth-order valence-corrected chi connectivity index (χ4v) is 2.92. The molecule has 0 saturated heterocycles. The molecule has 0 aliphatic heterocycles. The topological polar surface area (TPSA) is 74.6 Å². The van der Waals surface area contributed by atoms with Crippen molar-refractivity contribution in [1.82, 2.24) is 0 Å². The largest absolute Gasteiger partial charge is 0.506 e. The van der Waals surface area contributed by atoms with Crippen LogP contribution < -0.4 is 10.4 Å². The predicted molar refractivity (Wildman–Crippen MR) is 86.8 cm³/mol. The van der Waals surface area contributed by atoms with E-state index in [2.05, 4.69) is 0 Å². The Morgan fingerprint density at radius 1 is 1.00 bits per heavy atom. The third kappa shape index (κ3) is 2.17. The summed E-state index contributed by atoms with van der Waals surface area (Å²) < 4.78 is 0. The summed E-state index contributed by atoms with van der Waals surface area (Å²) in [5.41, 5.74) is 1.43. The molecule has 4 heteroatoms. The molecule has 1 aliphatic rings. The van der Waals surface area contributed by atoms with Gasteiger partial charge in [0.1, 0.15) is 11.7 Å². The number of carbonyl (C=O) groups excluding carboxylic acids is 2. The van der Waals surface area contributed by atoms with Gasteiger partial charge in [0.25, 0.3) is 0 Å². The highest BCUT2D eigenvalue weighted by molar-refractivity contribution is 6.42. The van der Waals surface area contributed by atoms with Gasteiger partial charge in [0.15, 0.2) is 5.76 Å². The first-order valence-corrected chi connectivity index (χ1v) is 7.24. The van der Waals surface area contributed by atoms with Crippen molar-refractivity contribution in [2.24, 2.45) is 0 Å². The number of fused-ring (bicyclic) bond motifs is 1. The number of hydrogen-bond donors (Lipinski definition) is 2. The smallest absolute Gasteiger partial charge is 0.232 e. The summed E-state index contributed by atoms with van der Waals surface area (Å²) in [5, 5.41) is 21.5. The first-order chi connectivity index (χ1) is 11.1. The lowest BCUT2D eigenvalue weighted by Crippen LogP contribution is -2.30. The molecule has 0 heterocycles. The van der Waals surface area contributed by atoms with Gasteiger partial charge in [-0.15, -0.1) is 0 Å². The van der Waals surface area contributed by atoms with Crippen LogP contribution in [0.4, 0.5) is 0 Å². The highest BCUT2D eigenvalue weighted by Crippen LogP contribution is 2.30. The minimum absolute atomic E-state index is 0.0355. The maximum absolute atomic E-state index is 12.5. The van der Waals surface area contributed by atoms with Crippen LogP contribution in [0.3, 0.4) is 0 Å². The molecule has 2 N–H and O–H groups in total. The lowest BCUT2D eigenvalue weighted by atomic mass is 9.87. The van der Waals surface area contributed by atoms with Crippen LogP contribution in [0.2, 0.25) is 0 Å². The van der Waals surface area contributed by atoms with Crippen molar-refractivity contribution in [2.75, 3.05) is 0 Å². The van der Waals surface area contributed by atoms with Gasteiger partial charge < -0.3 is 10.2 Å². The Kier molecular flexibility index (Phi) is 3.61. The van der Waals surface area contributed by atoms with Gasteiger partial charge in [0.05, 0.1) is 10.8 Å². The second-order valence-corrected chi connectivity index (χ2v) is 5.24. The maximum atomic E-state index is 12.5. The van der Waals surface area contributed by atoms with Crippen molar-refractivity contribution >= 4 is 28.8 Å². The van der Waals surface area contributed by atoms with E-state index < -0.39 is 11.5 Å². The molecule has 0 radical (unpaired) electrons. The summed E-state index contributed by atoms with van der Waals surface area (Å²) in [6.07, 6.45) is 0.460. The van der Waals surface area contributed by atoms with Crippen molar-refractivity contribution in [1.29, 1.82) is 0 Å². The summed E-state index contributed by atoms with van der Waals surface area (Å²) in [7, 11) is 0. The Hall–Kier alpha value is -3.10. The van der Waals surface area contributed by atoms with Crippen LogP contribution in [0, 0.1) is 0 Å². The predicted octanol–water partition coefficient (Wildman–Crippen LogP) is 1.43. The minimum Gasteiger partial charge on any atom is -0.506 e. The molecule has 4 nitrogen and oxygen atoms in total. The molecule has 2 aromatic rings. The Balaban J connectivity index is 2.47. The summed E-state index contributed by atoms with van der Waals surface area (Å²) in [6, 6.07) is 11.6. The zero-order valence-electron chi connectivity index (χ0n) is 12.5. The van der Waals surface area contributed by atoms with E-state index in [9.17, 15) is 19.8 Å². The molecule has 114 valence electrons. The van der Waals surface area contributed by atoms with E-state index in [0.29, 0.717) is 28.3 Å². The van der Waals surface area contributed by atoms with Crippen LogP contribution in [-0.4, -0.2) is 21.9 Å². The Morgan fingerprint density at radius 3 is 2.30 bits per heavy atom. The highest BCUT2D eigenvalue weighted by Gasteiger charge is 2.29. The second kappa shape index (κ2) is 5.59. The number of Topliss-reactive ketones (excluding diaryl/α,β-unsaturated/α-hetero) is 1. The number of aliphatic hydroxyl groups excluding tert-OH is 2. The van der Waals surface area contributed by atoms with Crippen LogP contribution in [0.15, 0.2) is 42.5 Å². The lowest BCUT2D eigenvalue weighted by Gasteiger charge is -2.18. The monoisotopic (exact) mass is 306 g/mol. The molecule has 3 rings (SSSR count). The van der Waals surface area contributed by atoms with Crippen LogP contribution in [-0.2, 0) is 16.0 Å². The van der Waals surface area contributed by atoms with E-state index in [1.54, 1.807) is 30.3 Å². The van der Waals surface area contributed by atoms with E-state index in [1.165, 1.54) is 12.1 Å². The average Bonchev–Trinajstić information content (AvgIpc) is 2.59. The van der Waals surface area contributed by atoms with E-state index >= 15 is 0 Å². The Morgan fingerprint density at radius 2 is 1.70 bits per heavy atom. The van der Waals surface area contributed by atoms with Gasteiger partial charge >= 0.3 is 0 Å². The van der Waals surface area contributed by atoms with Crippen LogP contribution >= 0.6 is 0 Å². The van der Waals surface area contributed by atoms with E-state index in [4.69, 9.17) is 0 Å². The Labute approximate surface area is 132 Å². The molecule has 0 saturated carbocycles. The summed E-state index contributed by atoms with van der Waals surface area (Å²) in [4.78, 5) is 23.6. The van der Waals surface area contributed by atoms with E-state index in [1.807, 2.05) is 12.9 Å². The normalized spacial score (nSPS) is 13.8. The summed E-state index contributed by atoms with van der Waals surface area (Å²) in [6.45, 7) is 1.83. The maximum Gasteiger partial charge on any atom is 0.232 e. The summed E-state index contributed by atoms with van der Waals surface area (Å²) in [5.74, 6) is 0.559. The number of rotatable bonds is 2. The van der Waals surface area contributed by atoms with E-state index in [0.717, 1.165) is 0 Å². The molecule has 1 aliphatic carbocycles. The van der Waals surface area contributed by atoms with Gasteiger partial charge in [-0.2, -0.15) is 0 Å². The molecular formula is C19H14O4. The fraction of sp³-hybridized carbons (Fsp3) is 0.105. The number of benzene rings is 2. The molecule has 0 amide bonds. The molecule has 0 spiro atoms. The van der Waals surface area contributed by atoms with Crippen molar-refractivity contribution < 1.29 is 19.8 Å². The quantitative estimate of drug-likeness (QED) is 0.880. The number of hydrogen-bond acceptors (Lipinski definition) is 4. The molecular weight excluding hydrogens is 292 g/mol. The Bertz CT molecular complexity index is 978. The minimum atomic E-state index is -0.633. The first kappa shape index (κ1) is 14.8. The summed E-state index contributed by atoms with van der Waals surface area (Å²) >= 11 is 0. The average molecular weight is 306 g/mol. The number of ketones is 1. The van der Waals surface area contributed by atoms with E-state index in [-0.39, 0.29) is 16.6 Å². The molecule has 0 atom stereocenters. The number of carbonyl (C=O) groups is 1. The second-order valence-electron chi connectivity index (χ2n) is 5.24. The number of aliphatic hydroxyl groups is 2. The third-order valence-electron chi connectivity index (χ3n) is 4.01. The zero-order valence-corrected chi connectivity index (χ0v) is 12.5. The van der Waals surface area contributed by atoms with Gasteiger partial charge in [-0.05, 0) is 29.7 Å². The van der Waals surface area contributed by atoms with Crippen molar-refractivity contribution in [3.63, 3.8) is 0 Å². The van der Waals surface area contributed by atoms with Gasteiger partial charge in [-0.25, -0.2) is 4.79 Å². The molecule has 0 bridgehead atoms. The standard InChI is InChI=1S/C19H14O4/c1-2-13-12(10-20)8-9-14-16(13)18(22)15(19(23)17(14)21)11-6-4-3-5-7-11/h3-9,21-22H,2H2,1H3. The molecule has 0 fully saturated rings. The van der Waals surface area contributed by atoms with Gasteiger partial charge in [0.2, 0.25) is 5.78 Å². The molecule has 0 aromatic heterocycles. The van der Waals surface area contributed by atoms with Gasteiger partial charge in [-0.3, -0.25) is 4.79 Å². The first-order valence-electron chi connectivity index (χ1n) is 7.24. The third-order valence-corrected chi connectivity index (χ3v) is 4.01. The van der Waals surface area contributed by atoms with Crippen LogP contribution in [0.1, 0.15) is 23.6 Å². The highest BCUT2D eigenvalue weighted by atomic mass is 16.3. The van der Waals surface area contributed by atoms with Crippen LogP contribution in [0.5, 0.6) is 0 Å². The van der Waals surface area contributed by atoms with Crippen molar-refractivity contribution in [2.45, 2.75) is 13.3 Å².